The molecule has 1 unspecified atom stereocenters. The summed E-state index contributed by atoms with van der Waals surface area (Å²) in [7, 11) is 1.59. The van der Waals surface area contributed by atoms with Crippen molar-refractivity contribution in [1.82, 2.24) is 5.32 Å². The fourth-order valence-corrected chi connectivity index (χ4v) is 3.06. The Bertz CT molecular complexity index is 734. The van der Waals surface area contributed by atoms with Gasteiger partial charge in [0.2, 0.25) is 5.91 Å². The van der Waals surface area contributed by atoms with Crippen LogP contribution in [0.15, 0.2) is 47.4 Å². The van der Waals surface area contributed by atoms with Crippen LogP contribution < -0.4 is 14.8 Å². The first-order valence-electron chi connectivity index (χ1n) is 8.41. The molecule has 1 atom stereocenters. The van der Waals surface area contributed by atoms with Crippen LogP contribution in [0.25, 0.3) is 0 Å². The zero-order valence-electron chi connectivity index (χ0n) is 15.4. The number of halogens is 1. The maximum Gasteiger partial charge on any atom is 0.230 e. The first kappa shape index (κ1) is 20.1. The van der Waals surface area contributed by atoms with Crippen molar-refractivity contribution < 1.29 is 18.7 Å². The van der Waals surface area contributed by atoms with Crippen molar-refractivity contribution in [2.45, 2.75) is 37.8 Å². The van der Waals surface area contributed by atoms with Gasteiger partial charge in [-0.2, -0.15) is 0 Å². The van der Waals surface area contributed by atoms with Crippen LogP contribution in [0.1, 0.15) is 32.4 Å². The van der Waals surface area contributed by atoms with E-state index in [4.69, 9.17) is 9.47 Å². The second-order valence-electron chi connectivity index (χ2n) is 6.11. The Hall–Kier alpha value is -2.21. The van der Waals surface area contributed by atoms with Crippen LogP contribution in [0.2, 0.25) is 0 Å². The van der Waals surface area contributed by atoms with Crippen molar-refractivity contribution in [3.63, 3.8) is 0 Å². The number of hydrogen-bond acceptors (Lipinski definition) is 4. The van der Waals surface area contributed by atoms with Gasteiger partial charge in [0.25, 0.3) is 0 Å². The highest BCUT2D eigenvalue weighted by Gasteiger charge is 2.14. The van der Waals surface area contributed by atoms with Gasteiger partial charge < -0.3 is 14.8 Å². The van der Waals surface area contributed by atoms with Crippen LogP contribution >= 0.6 is 11.8 Å². The van der Waals surface area contributed by atoms with Crippen molar-refractivity contribution in [2.24, 2.45) is 0 Å². The minimum absolute atomic E-state index is 0.0513. The predicted octanol–water partition coefficient (Wildman–Crippen LogP) is 4.59. The quantitative estimate of drug-likeness (QED) is 0.684. The molecule has 0 radical (unpaired) electrons. The average molecular weight is 377 g/mol. The van der Waals surface area contributed by atoms with Gasteiger partial charge in [-0.1, -0.05) is 6.07 Å². The molecular formula is C20H24FNO3S. The Morgan fingerprint density at radius 3 is 2.42 bits per heavy atom. The molecule has 0 aliphatic rings. The Kier molecular flexibility index (Phi) is 7.33. The fraction of sp³-hybridized carbons (Fsp3) is 0.350. The Balaban J connectivity index is 1.94. The number of thioether (sulfide) groups is 1. The summed E-state index contributed by atoms with van der Waals surface area (Å²) in [6, 6.07) is 11.6. The molecule has 1 amide bonds. The van der Waals surface area contributed by atoms with E-state index in [9.17, 15) is 9.18 Å². The van der Waals surface area contributed by atoms with Crippen LogP contribution in [0.3, 0.4) is 0 Å². The maximum atomic E-state index is 12.9. The fourth-order valence-electron chi connectivity index (χ4n) is 2.35. The van der Waals surface area contributed by atoms with Crippen LogP contribution in [-0.4, -0.2) is 24.9 Å². The standard InChI is InChI=1S/C20H24FNO3S/c1-13(2)25-18-10-5-15(11-19(18)24-4)14(3)22-20(23)12-26-17-8-6-16(21)7-9-17/h5-11,13-14H,12H2,1-4H3,(H,22,23). The van der Waals surface area contributed by atoms with Gasteiger partial charge in [-0.05, 0) is 62.7 Å². The summed E-state index contributed by atoms with van der Waals surface area (Å²) < 4.78 is 24.0. The summed E-state index contributed by atoms with van der Waals surface area (Å²) in [6.45, 7) is 5.82. The number of rotatable bonds is 8. The lowest BCUT2D eigenvalue weighted by molar-refractivity contribution is -0.119. The summed E-state index contributed by atoms with van der Waals surface area (Å²) >= 11 is 1.37. The molecule has 0 saturated heterocycles. The lowest BCUT2D eigenvalue weighted by Crippen LogP contribution is -2.28. The third kappa shape index (κ3) is 5.95. The number of ether oxygens (including phenoxy) is 2. The molecule has 0 fully saturated rings. The van der Waals surface area contributed by atoms with Gasteiger partial charge in [-0.15, -0.1) is 11.8 Å². The number of carbonyl (C=O) groups excluding carboxylic acids is 1. The van der Waals surface area contributed by atoms with Crippen LogP contribution in [0.5, 0.6) is 11.5 Å². The van der Waals surface area contributed by atoms with Gasteiger partial charge in [0, 0.05) is 4.90 Å². The Morgan fingerprint density at radius 1 is 1.12 bits per heavy atom. The minimum Gasteiger partial charge on any atom is -0.493 e. The molecule has 2 aromatic carbocycles. The van der Waals surface area contributed by atoms with Gasteiger partial charge in [0.05, 0.1) is 25.0 Å². The molecule has 140 valence electrons. The number of hydrogen-bond donors (Lipinski definition) is 1. The molecule has 0 spiro atoms. The number of carbonyl (C=O) groups is 1. The highest BCUT2D eigenvalue weighted by molar-refractivity contribution is 8.00. The van der Waals surface area contributed by atoms with Crippen molar-refractivity contribution in [3.8, 4) is 11.5 Å². The van der Waals surface area contributed by atoms with E-state index >= 15 is 0 Å². The summed E-state index contributed by atoms with van der Waals surface area (Å²) in [5.74, 6) is 1.20. The SMILES string of the molecule is COc1cc(C(C)NC(=O)CSc2ccc(F)cc2)ccc1OC(C)C. The minimum atomic E-state index is -0.286. The Morgan fingerprint density at radius 2 is 1.81 bits per heavy atom. The molecule has 0 aliphatic heterocycles. The van der Waals surface area contributed by atoms with E-state index in [2.05, 4.69) is 5.32 Å². The number of benzene rings is 2. The van der Waals surface area contributed by atoms with E-state index in [-0.39, 0.29) is 29.6 Å². The lowest BCUT2D eigenvalue weighted by Gasteiger charge is -2.18. The van der Waals surface area contributed by atoms with Crippen LogP contribution in [0, 0.1) is 5.82 Å². The normalized spacial score (nSPS) is 11.9. The van der Waals surface area contributed by atoms with E-state index in [0.717, 1.165) is 10.5 Å². The first-order valence-corrected chi connectivity index (χ1v) is 9.40. The largest absolute Gasteiger partial charge is 0.493 e. The third-order valence-electron chi connectivity index (χ3n) is 3.61. The second kappa shape index (κ2) is 9.48. The van der Waals surface area contributed by atoms with Crippen LogP contribution in [0.4, 0.5) is 4.39 Å². The summed E-state index contributed by atoms with van der Waals surface area (Å²) in [5.41, 5.74) is 0.929. The molecule has 0 aliphatic carbocycles. The Labute approximate surface area is 158 Å². The van der Waals surface area contributed by atoms with Gasteiger partial charge in [-0.3, -0.25) is 4.79 Å². The van der Waals surface area contributed by atoms with Gasteiger partial charge in [0.15, 0.2) is 11.5 Å². The molecule has 2 aromatic rings. The molecular weight excluding hydrogens is 353 g/mol. The predicted molar refractivity (Wildman–Crippen MR) is 102 cm³/mol. The highest BCUT2D eigenvalue weighted by Crippen LogP contribution is 2.31. The molecule has 6 heteroatoms. The van der Waals surface area contributed by atoms with E-state index in [1.165, 1.54) is 23.9 Å². The third-order valence-corrected chi connectivity index (χ3v) is 4.62. The smallest absolute Gasteiger partial charge is 0.230 e. The van der Waals surface area contributed by atoms with Crippen molar-refractivity contribution in [2.75, 3.05) is 12.9 Å². The zero-order chi connectivity index (χ0) is 19.1. The average Bonchev–Trinajstić information content (AvgIpc) is 2.61. The molecule has 1 N–H and O–H groups in total. The molecule has 0 heterocycles. The van der Waals surface area contributed by atoms with E-state index in [1.807, 2.05) is 39.0 Å². The molecule has 0 saturated carbocycles. The first-order chi connectivity index (χ1) is 12.4. The van der Waals surface area contributed by atoms with E-state index in [1.54, 1.807) is 19.2 Å². The van der Waals surface area contributed by atoms with Crippen molar-refractivity contribution >= 4 is 17.7 Å². The van der Waals surface area contributed by atoms with E-state index in [0.29, 0.717) is 11.5 Å². The molecule has 26 heavy (non-hydrogen) atoms. The molecule has 0 aromatic heterocycles. The monoisotopic (exact) mass is 377 g/mol. The lowest BCUT2D eigenvalue weighted by atomic mass is 10.1. The molecule has 4 nitrogen and oxygen atoms in total. The van der Waals surface area contributed by atoms with Crippen LogP contribution in [-0.2, 0) is 4.79 Å². The number of methoxy groups -OCH3 is 1. The topological polar surface area (TPSA) is 47.6 Å². The molecule has 2 rings (SSSR count). The summed E-state index contributed by atoms with van der Waals surface area (Å²) in [4.78, 5) is 13.0. The highest BCUT2D eigenvalue weighted by atomic mass is 32.2. The van der Waals surface area contributed by atoms with Gasteiger partial charge >= 0.3 is 0 Å². The zero-order valence-corrected chi connectivity index (χ0v) is 16.2. The van der Waals surface area contributed by atoms with Gasteiger partial charge in [0.1, 0.15) is 5.82 Å². The van der Waals surface area contributed by atoms with Gasteiger partial charge in [-0.25, -0.2) is 4.39 Å². The maximum absolute atomic E-state index is 12.9. The summed E-state index contributed by atoms with van der Waals surface area (Å²) in [5, 5.41) is 2.96. The van der Waals surface area contributed by atoms with Crippen molar-refractivity contribution in [3.05, 3.63) is 53.8 Å². The van der Waals surface area contributed by atoms with E-state index < -0.39 is 0 Å². The second-order valence-corrected chi connectivity index (χ2v) is 7.16. The number of nitrogens with one attached hydrogen (secondary N) is 1. The molecule has 0 bridgehead atoms. The van der Waals surface area contributed by atoms with Crippen molar-refractivity contribution in [1.29, 1.82) is 0 Å². The number of amides is 1. The summed E-state index contributed by atoms with van der Waals surface area (Å²) in [6.07, 6.45) is 0.0513.